The fourth-order valence-corrected chi connectivity index (χ4v) is 2.46. The van der Waals surface area contributed by atoms with Crippen LogP contribution in [-0.2, 0) is 6.42 Å². The lowest BCUT2D eigenvalue weighted by Gasteiger charge is -2.02. The van der Waals surface area contributed by atoms with E-state index in [2.05, 4.69) is 17.0 Å². The molecule has 0 bridgehead atoms. The Kier molecular flexibility index (Phi) is 4.76. The third kappa shape index (κ3) is 4.02. The van der Waals surface area contributed by atoms with E-state index in [0.717, 1.165) is 22.3 Å². The minimum atomic E-state index is -0.274. The summed E-state index contributed by atoms with van der Waals surface area (Å²) in [4.78, 5) is 11.6. The number of halogens is 1. The molecule has 0 unspecified atom stereocenters. The van der Waals surface area contributed by atoms with Gasteiger partial charge >= 0.3 is 0 Å². The summed E-state index contributed by atoms with van der Waals surface area (Å²) in [6, 6.07) is 13.8. The molecule has 0 saturated heterocycles. The average molecular weight is 333 g/mol. The Morgan fingerprint density at radius 3 is 2.16 bits per heavy atom. The molecule has 2 aromatic carbocycles. The number of aromatic nitrogens is 1. The molecular formula is C21H16FNO2. The van der Waals surface area contributed by atoms with Gasteiger partial charge in [-0.2, -0.15) is 0 Å². The Morgan fingerprint density at radius 2 is 1.60 bits per heavy atom. The number of rotatable bonds is 3. The maximum atomic E-state index is 12.9. The van der Waals surface area contributed by atoms with Crippen LogP contribution in [0.1, 0.15) is 45.4 Å². The van der Waals surface area contributed by atoms with Gasteiger partial charge in [-0.1, -0.05) is 29.1 Å². The summed E-state index contributed by atoms with van der Waals surface area (Å²) in [5.74, 6) is 6.33. The first-order valence-corrected chi connectivity index (χ1v) is 7.85. The van der Waals surface area contributed by atoms with Crippen molar-refractivity contribution in [3.05, 3.63) is 88.1 Å². The van der Waals surface area contributed by atoms with E-state index in [4.69, 9.17) is 4.52 Å². The van der Waals surface area contributed by atoms with Crippen molar-refractivity contribution in [2.75, 3.05) is 0 Å². The standard InChI is InChI=1S/C21H16FNO2/c1-14(24)21-20(15(2)25-23-21)13-18-7-5-16(6-8-18)3-4-17-9-11-19(22)12-10-17/h5-12H,13H2,1-2H3. The van der Waals surface area contributed by atoms with Gasteiger partial charge in [0.15, 0.2) is 11.5 Å². The number of carbonyl (C=O) groups is 1. The highest BCUT2D eigenvalue weighted by Gasteiger charge is 2.16. The highest BCUT2D eigenvalue weighted by Crippen LogP contribution is 2.19. The number of nitrogens with zero attached hydrogens (tertiary/aromatic N) is 1. The van der Waals surface area contributed by atoms with Gasteiger partial charge in [0.2, 0.25) is 0 Å². The molecule has 25 heavy (non-hydrogen) atoms. The van der Waals surface area contributed by atoms with E-state index in [-0.39, 0.29) is 11.6 Å². The van der Waals surface area contributed by atoms with E-state index >= 15 is 0 Å². The van der Waals surface area contributed by atoms with E-state index in [1.165, 1.54) is 19.1 Å². The van der Waals surface area contributed by atoms with Crippen LogP contribution in [0, 0.1) is 24.6 Å². The van der Waals surface area contributed by atoms with Gasteiger partial charge in [0, 0.05) is 30.0 Å². The number of aryl methyl sites for hydroxylation is 1. The molecule has 0 aliphatic carbocycles. The molecule has 124 valence electrons. The van der Waals surface area contributed by atoms with Crippen LogP contribution >= 0.6 is 0 Å². The van der Waals surface area contributed by atoms with Crippen molar-refractivity contribution in [1.82, 2.24) is 5.16 Å². The Hall–Kier alpha value is -3.19. The molecule has 1 heterocycles. The van der Waals surface area contributed by atoms with Crippen molar-refractivity contribution in [3.8, 4) is 11.8 Å². The molecule has 4 heteroatoms. The molecule has 0 radical (unpaired) electrons. The molecule has 0 amide bonds. The van der Waals surface area contributed by atoms with Crippen LogP contribution in [0.25, 0.3) is 0 Å². The largest absolute Gasteiger partial charge is 0.361 e. The lowest BCUT2D eigenvalue weighted by molar-refractivity contribution is 0.100. The number of hydrogen-bond acceptors (Lipinski definition) is 3. The zero-order valence-corrected chi connectivity index (χ0v) is 14.0. The lowest BCUT2D eigenvalue weighted by Crippen LogP contribution is -2.00. The van der Waals surface area contributed by atoms with Crippen LogP contribution in [0.4, 0.5) is 4.39 Å². The monoisotopic (exact) mass is 333 g/mol. The summed E-state index contributed by atoms with van der Waals surface area (Å²) in [5, 5.41) is 3.82. The molecular weight excluding hydrogens is 317 g/mol. The summed E-state index contributed by atoms with van der Waals surface area (Å²) < 4.78 is 18.0. The Bertz CT molecular complexity index is 958. The quantitative estimate of drug-likeness (QED) is 0.530. The third-order valence-electron chi connectivity index (χ3n) is 3.85. The molecule has 0 atom stereocenters. The normalized spacial score (nSPS) is 10.2. The van der Waals surface area contributed by atoms with E-state index < -0.39 is 0 Å². The second-order valence-electron chi connectivity index (χ2n) is 5.75. The van der Waals surface area contributed by atoms with Gasteiger partial charge in [0.25, 0.3) is 0 Å². The lowest BCUT2D eigenvalue weighted by atomic mass is 10.0. The zero-order valence-electron chi connectivity index (χ0n) is 14.0. The summed E-state index contributed by atoms with van der Waals surface area (Å²) in [6.07, 6.45) is 0.579. The molecule has 3 rings (SSSR count). The molecule has 0 spiro atoms. The summed E-state index contributed by atoms with van der Waals surface area (Å²) in [6.45, 7) is 3.28. The molecule has 0 aliphatic rings. The fraction of sp³-hybridized carbons (Fsp3) is 0.143. The maximum absolute atomic E-state index is 12.9. The highest BCUT2D eigenvalue weighted by molar-refractivity contribution is 5.93. The number of Topliss-reactive ketones (excluding diaryl/α,β-unsaturated/α-hetero) is 1. The van der Waals surface area contributed by atoms with E-state index in [1.807, 2.05) is 24.3 Å². The van der Waals surface area contributed by atoms with Crippen molar-refractivity contribution in [3.63, 3.8) is 0 Å². The topological polar surface area (TPSA) is 43.1 Å². The summed E-state index contributed by atoms with van der Waals surface area (Å²) >= 11 is 0. The fourth-order valence-electron chi connectivity index (χ4n) is 2.46. The van der Waals surface area contributed by atoms with Crippen LogP contribution in [0.3, 0.4) is 0 Å². The van der Waals surface area contributed by atoms with E-state index in [0.29, 0.717) is 17.9 Å². The smallest absolute Gasteiger partial charge is 0.181 e. The van der Waals surface area contributed by atoms with Crippen molar-refractivity contribution in [2.45, 2.75) is 20.3 Å². The van der Waals surface area contributed by atoms with Gasteiger partial charge in [-0.15, -0.1) is 0 Å². The Morgan fingerprint density at radius 1 is 1.04 bits per heavy atom. The minimum Gasteiger partial charge on any atom is -0.361 e. The zero-order chi connectivity index (χ0) is 17.8. The Balaban J connectivity index is 1.76. The highest BCUT2D eigenvalue weighted by atomic mass is 19.1. The maximum Gasteiger partial charge on any atom is 0.181 e. The molecule has 0 aliphatic heterocycles. The van der Waals surface area contributed by atoms with Crippen molar-refractivity contribution in [1.29, 1.82) is 0 Å². The first-order chi connectivity index (χ1) is 12.0. The average Bonchev–Trinajstić information content (AvgIpc) is 2.97. The van der Waals surface area contributed by atoms with Gasteiger partial charge < -0.3 is 4.52 Å². The Labute approximate surface area is 145 Å². The predicted octanol–water partition coefficient (Wildman–Crippen LogP) is 4.32. The van der Waals surface area contributed by atoms with Gasteiger partial charge in [0.05, 0.1) is 0 Å². The molecule has 1 aromatic heterocycles. The van der Waals surface area contributed by atoms with Crippen LogP contribution in [-0.4, -0.2) is 10.9 Å². The number of benzene rings is 2. The second kappa shape index (κ2) is 7.14. The summed E-state index contributed by atoms with van der Waals surface area (Å²) in [5.41, 5.74) is 3.87. The molecule has 3 aromatic rings. The van der Waals surface area contributed by atoms with Crippen LogP contribution in [0.15, 0.2) is 53.1 Å². The van der Waals surface area contributed by atoms with Crippen molar-refractivity contribution < 1.29 is 13.7 Å². The minimum absolute atomic E-state index is 0.103. The van der Waals surface area contributed by atoms with Gasteiger partial charge in [-0.3, -0.25) is 4.79 Å². The molecule has 0 saturated carbocycles. The summed E-state index contributed by atoms with van der Waals surface area (Å²) in [7, 11) is 0. The van der Waals surface area contributed by atoms with Crippen LogP contribution < -0.4 is 0 Å². The SMILES string of the molecule is CC(=O)c1noc(C)c1Cc1ccc(C#Cc2ccc(F)cc2)cc1. The number of ketones is 1. The van der Waals surface area contributed by atoms with Gasteiger partial charge in [-0.25, -0.2) is 4.39 Å². The second-order valence-corrected chi connectivity index (χ2v) is 5.75. The van der Waals surface area contributed by atoms with E-state index in [9.17, 15) is 9.18 Å². The first-order valence-electron chi connectivity index (χ1n) is 7.85. The molecule has 3 nitrogen and oxygen atoms in total. The third-order valence-corrected chi connectivity index (χ3v) is 3.85. The van der Waals surface area contributed by atoms with Crippen molar-refractivity contribution in [2.24, 2.45) is 0 Å². The first kappa shape index (κ1) is 16.7. The predicted molar refractivity (Wildman–Crippen MR) is 92.9 cm³/mol. The van der Waals surface area contributed by atoms with Crippen molar-refractivity contribution >= 4 is 5.78 Å². The van der Waals surface area contributed by atoms with Crippen LogP contribution in [0.2, 0.25) is 0 Å². The van der Waals surface area contributed by atoms with E-state index in [1.54, 1.807) is 19.1 Å². The van der Waals surface area contributed by atoms with Gasteiger partial charge in [-0.05, 0) is 48.9 Å². The van der Waals surface area contributed by atoms with Gasteiger partial charge in [0.1, 0.15) is 11.6 Å². The number of carbonyl (C=O) groups excluding carboxylic acids is 1. The number of hydrogen-bond donors (Lipinski definition) is 0. The molecule has 0 N–H and O–H groups in total. The molecule has 0 fully saturated rings. The van der Waals surface area contributed by atoms with Crippen LogP contribution in [0.5, 0.6) is 0 Å².